The summed E-state index contributed by atoms with van der Waals surface area (Å²) in [6.45, 7) is 2.94. The Hall–Kier alpha value is -2.84. The third kappa shape index (κ3) is 6.57. The summed E-state index contributed by atoms with van der Waals surface area (Å²) in [5, 5.41) is 2.87. The van der Waals surface area contributed by atoms with E-state index in [2.05, 4.69) is 5.32 Å². The largest absolute Gasteiger partial charge is 0.491 e. The quantitative estimate of drug-likeness (QED) is 0.675. The van der Waals surface area contributed by atoms with Crippen molar-refractivity contribution < 1.29 is 23.5 Å². The summed E-state index contributed by atoms with van der Waals surface area (Å²) < 4.78 is 24.6. The number of nitrogens with zero attached hydrogens (tertiary/aromatic N) is 1. The second kappa shape index (κ2) is 10.5. The van der Waals surface area contributed by atoms with Crippen LogP contribution in [0.1, 0.15) is 18.9 Å². The summed E-state index contributed by atoms with van der Waals surface area (Å²) in [6, 6.07) is 10.2. The standard InChI is InChI=1S/C22H25ClFN3O4/c1-14-13-31-18(10-15-2-5-17(24)6-3-15)12-27(14)21(28)8-9-30-20-7-4-16(23)11-19(20)26-22(25)29/h2-7,11,14,18H,8-10,12-13H2,1H3,(H3,25,26,29). The average Bonchev–Trinajstić information content (AvgIpc) is 2.72. The molecule has 2 atom stereocenters. The Morgan fingerprint density at radius 2 is 2.03 bits per heavy atom. The summed E-state index contributed by atoms with van der Waals surface area (Å²) in [5.74, 6) is 0.0344. The van der Waals surface area contributed by atoms with Crippen molar-refractivity contribution in [2.24, 2.45) is 5.73 Å². The number of primary amides is 1. The number of nitrogens with two attached hydrogens (primary N) is 1. The maximum Gasteiger partial charge on any atom is 0.316 e. The molecule has 2 unspecified atom stereocenters. The van der Waals surface area contributed by atoms with Crippen LogP contribution in [0.25, 0.3) is 0 Å². The number of hydrogen-bond acceptors (Lipinski definition) is 4. The highest BCUT2D eigenvalue weighted by molar-refractivity contribution is 6.31. The fourth-order valence-corrected chi connectivity index (χ4v) is 3.59. The van der Waals surface area contributed by atoms with Crippen LogP contribution in [0.5, 0.6) is 5.75 Å². The molecule has 0 bridgehead atoms. The molecule has 3 rings (SSSR count). The van der Waals surface area contributed by atoms with Gasteiger partial charge >= 0.3 is 6.03 Å². The zero-order valence-electron chi connectivity index (χ0n) is 17.1. The van der Waals surface area contributed by atoms with Gasteiger partial charge in [0.15, 0.2) is 0 Å². The second-order valence-corrected chi connectivity index (χ2v) is 7.85. The molecule has 0 aliphatic carbocycles. The molecule has 0 spiro atoms. The molecule has 31 heavy (non-hydrogen) atoms. The van der Waals surface area contributed by atoms with E-state index in [-0.39, 0.29) is 36.9 Å². The molecule has 3 amide bonds. The summed E-state index contributed by atoms with van der Waals surface area (Å²) in [4.78, 5) is 25.7. The Labute approximate surface area is 185 Å². The number of ether oxygens (including phenoxy) is 2. The third-order valence-corrected chi connectivity index (χ3v) is 5.21. The van der Waals surface area contributed by atoms with Crippen molar-refractivity contribution in [2.45, 2.75) is 31.9 Å². The van der Waals surface area contributed by atoms with E-state index in [1.165, 1.54) is 18.2 Å². The number of morpholine rings is 1. The van der Waals surface area contributed by atoms with Gasteiger partial charge in [-0.1, -0.05) is 23.7 Å². The van der Waals surface area contributed by atoms with E-state index < -0.39 is 6.03 Å². The molecule has 1 heterocycles. The van der Waals surface area contributed by atoms with E-state index in [1.54, 1.807) is 29.2 Å². The maximum atomic E-state index is 13.1. The van der Waals surface area contributed by atoms with E-state index in [0.717, 1.165) is 5.56 Å². The minimum atomic E-state index is -0.738. The van der Waals surface area contributed by atoms with Gasteiger partial charge in [-0.15, -0.1) is 0 Å². The van der Waals surface area contributed by atoms with E-state index in [0.29, 0.717) is 36.0 Å². The molecule has 9 heteroatoms. The maximum absolute atomic E-state index is 13.1. The van der Waals surface area contributed by atoms with Gasteiger partial charge < -0.3 is 25.4 Å². The molecule has 1 aliphatic rings. The first-order chi connectivity index (χ1) is 14.8. The van der Waals surface area contributed by atoms with Gasteiger partial charge in [-0.05, 0) is 42.8 Å². The topological polar surface area (TPSA) is 93.9 Å². The number of carbonyl (C=O) groups excluding carboxylic acids is 2. The number of hydrogen-bond donors (Lipinski definition) is 2. The molecule has 0 saturated carbocycles. The molecule has 1 aliphatic heterocycles. The van der Waals surface area contributed by atoms with Crippen molar-refractivity contribution >= 4 is 29.2 Å². The van der Waals surface area contributed by atoms with E-state index in [9.17, 15) is 14.0 Å². The first kappa shape index (κ1) is 22.8. The monoisotopic (exact) mass is 449 g/mol. The molecule has 2 aromatic rings. The predicted octanol–water partition coefficient (Wildman–Crippen LogP) is 3.60. The number of benzene rings is 2. The number of halogens is 2. The van der Waals surface area contributed by atoms with Crippen molar-refractivity contribution in [1.29, 1.82) is 0 Å². The molecule has 3 N–H and O–H groups in total. The van der Waals surface area contributed by atoms with Crippen LogP contribution in [0.4, 0.5) is 14.9 Å². The number of nitrogens with one attached hydrogen (secondary N) is 1. The van der Waals surface area contributed by atoms with Gasteiger partial charge in [0, 0.05) is 18.0 Å². The highest BCUT2D eigenvalue weighted by atomic mass is 35.5. The Morgan fingerprint density at radius 3 is 2.74 bits per heavy atom. The number of carbonyl (C=O) groups is 2. The summed E-state index contributed by atoms with van der Waals surface area (Å²) in [6.07, 6.45) is 0.598. The first-order valence-corrected chi connectivity index (χ1v) is 10.3. The zero-order chi connectivity index (χ0) is 22.4. The molecular formula is C22H25ClFN3O4. The van der Waals surface area contributed by atoms with Crippen molar-refractivity contribution in [3.05, 3.63) is 58.9 Å². The van der Waals surface area contributed by atoms with Crippen LogP contribution in [-0.4, -0.2) is 48.7 Å². The minimum Gasteiger partial charge on any atom is -0.491 e. The molecular weight excluding hydrogens is 425 g/mol. The smallest absolute Gasteiger partial charge is 0.316 e. The van der Waals surface area contributed by atoms with Gasteiger partial charge in [0.05, 0.1) is 37.5 Å². The minimum absolute atomic E-state index is 0.0559. The molecule has 1 fully saturated rings. The van der Waals surface area contributed by atoms with Gasteiger partial charge in [-0.3, -0.25) is 4.79 Å². The Morgan fingerprint density at radius 1 is 1.29 bits per heavy atom. The lowest BCUT2D eigenvalue weighted by Gasteiger charge is -2.38. The zero-order valence-corrected chi connectivity index (χ0v) is 17.9. The Balaban J connectivity index is 1.54. The molecule has 7 nitrogen and oxygen atoms in total. The predicted molar refractivity (Wildman–Crippen MR) is 116 cm³/mol. The lowest BCUT2D eigenvalue weighted by Crippen LogP contribution is -2.51. The SMILES string of the molecule is CC1COC(Cc2ccc(F)cc2)CN1C(=O)CCOc1ccc(Cl)cc1NC(N)=O. The first-order valence-electron chi connectivity index (χ1n) is 9.96. The van der Waals surface area contributed by atoms with Crippen LogP contribution in [0.2, 0.25) is 5.02 Å². The van der Waals surface area contributed by atoms with Crippen LogP contribution in [0, 0.1) is 5.82 Å². The molecule has 166 valence electrons. The summed E-state index contributed by atoms with van der Waals surface area (Å²) in [7, 11) is 0. The van der Waals surface area contributed by atoms with Crippen LogP contribution >= 0.6 is 11.6 Å². The van der Waals surface area contributed by atoms with Crippen molar-refractivity contribution in [1.82, 2.24) is 4.90 Å². The number of anilines is 1. The third-order valence-electron chi connectivity index (χ3n) is 4.98. The van der Waals surface area contributed by atoms with Crippen LogP contribution in [0.15, 0.2) is 42.5 Å². The molecule has 2 aromatic carbocycles. The van der Waals surface area contributed by atoms with E-state index >= 15 is 0 Å². The Bertz CT molecular complexity index is 925. The highest BCUT2D eigenvalue weighted by Crippen LogP contribution is 2.28. The van der Waals surface area contributed by atoms with Gasteiger partial charge in [0.25, 0.3) is 0 Å². The van der Waals surface area contributed by atoms with E-state index in [1.807, 2.05) is 6.92 Å². The van der Waals surface area contributed by atoms with Crippen LogP contribution in [0.3, 0.4) is 0 Å². The van der Waals surface area contributed by atoms with Gasteiger partial charge in [0.1, 0.15) is 11.6 Å². The second-order valence-electron chi connectivity index (χ2n) is 7.41. The molecule has 0 radical (unpaired) electrons. The number of rotatable bonds is 7. The number of urea groups is 1. The fraction of sp³-hybridized carbons (Fsp3) is 0.364. The van der Waals surface area contributed by atoms with Gasteiger partial charge in [0.2, 0.25) is 5.91 Å². The van der Waals surface area contributed by atoms with Crippen molar-refractivity contribution in [3.8, 4) is 5.75 Å². The van der Waals surface area contributed by atoms with Gasteiger partial charge in [-0.25, -0.2) is 9.18 Å². The van der Waals surface area contributed by atoms with Crippen LogP contribution in [-0.2, 0) is 16.0 Å². The lowest BCUT2D eigenvalue weighted by molar-refractivity contribution is -0.144. The van der Waals surface area contributed by atoms with E-state index in [4.69, 9.17) is 26.8 Å². The highest BCUT2D eigenvalue weighted by Gasteiger charge is 2.29. The van der Waals surface area contributed by atoms with Gasteiger partial charge in [-0.2, -0.15) is 0 Å². The van der Waals surface area contributed by atoms with Crippen molar-refractivity contribution in [2.75, 3.05) is 25.1 Å². The summed E-state index contributed by atoms with van der Waals surface area (Å²) in [5.41, 5.74) is 6.46. The van der Waals surface area contributed by atoms with Crippen molar-refractivity contribution in [3.63, 3.8) is 0 Å². The molecule has 1 saturated heterocycles. The summed E-state index contributed by atoms with van der Waals surface area (Å²) >= 11 is 5.94. The Kier molecular flexibility index (Phi) is 7.70. The molecule has 0 aromatic heterocycles. The number of amides is 3. The fourth-order valence-electron chi connectivity index (χ4n) is 3.42. The van der Waals surface area contributed by atoms with Crippen LogP contribution < -0.4 is 15.8 Å². The lowest BCUT2D eigenvalue weighted by atomic mass is 10.0. The average molecular weight is 450 g/mol. The normalized spacial score (nSPS) is 18.5.